The standard InChI is InChI=1S/C42H63N5O10/c1-12-31-42(13-2)35(47(40(52)57-42)20-15-14-19-46-23-44-29-17-16-18-43-37(29)46)26(5)32(48)24(3)22-41(8,53-11)36(27(6)33(49)28(7)38(51)55-31)56-39-34(50)30(45(9)10)21-25(4)54-39/h13,16-18,23-28,30-31,34-36,39,50H,2,12,14-15,19-22H2,1,3-11H3/t24-,25-,26+,27+,28-,30+,31-,34-,35-,36-,39?,41+,42-/m1/s1. The third-order valence-electron chi connectivity index (χ3n) is 12.6. The van der Waals surface area contributed by atoms with Crippen LogP contribution in [0, 0.1) is 23.7 Å². The van der Waals surface area contributed by atoms with Crippen molar-refractivity contribution in [3.8, 4) is 0 Å². The number of aliphatic hydroxyl groups is 1. The Bertz CT molecular complexity index is 1770. The van der Waals surface area contributed by atoms with Gasteiger partial charge in [0.2, 0.25) is 0 Å². The number of imidazole rings is 1. The van der Waals surface area contributed by atoms with Gasteiger partial charge in [0.1, 0.15) is 29.4 Å². The molecule has 1 unspecified atom stereocenters. The maximum absolute atomic E-state index is 14.8. The molecule has 13 atom stereocenters. The van der Waals surface area contributed by atoms with Crippen molar-refractivity contribution < 1.29 is 48.0 Å². The van der Waals surface area contributed by atoms with Gasteiger partial charge in [-0.2, -0.15) is 0 Å². The van der Waals surface area contributed by atoms with E-state index in [2.05, 4.69) is 16.5 Å². The van der Waals surface area contributed by atoms with Gasteiger partial charge < -0.3 is 38.3 Å². The van der Waals surface area contributed by atoms with Crippen molar-refractivity contribution >= 4 is 34.8 Å². The van der Waals surface area contributed by atoms with Gasteiger partial charge in [0.25, 0.3) is 0 Å². The molecule has 3 saturated heterocycles. The second kappa shape index (κ2) is 18.0. The molecule has 2 aromatic heterocycles. The maximum atomic E-state index is 14.8. The molecular formula is C42H63N5O10. The molecule has 0 bridgehead atoms. The Hall–Kier alpha value is -3.76. The second-order valence-electron chi connectivity index (χ2n) is 16.7. The highest BCUT2D eigenvalue weighted by Crippen LogP contribution is 2.44. The highest BCUT2D eigenvalue weighted by Gasteiger charge is 2.61. The number of esters is 1. The van der Waals surface area contributed by atoms with Gasteiger partial charge in [-0.25, -0.2) is 14.8 Å². The summed E-state index contributed by atoms with van der Waals surface area (Å²) in [6.07, 6.45) is 1.82. The van der Waals surface area contributed by atoms with Crippen molar-refractivity contribution in [2.45, 2.75) is 141 Å². The van der Waals surface area contributed by atoms with Crippen molar-refractivity contribution in [3.05, 3.63) is 37.3 Å². The van der Waals surface area contributed by atoms with Crippen LogP contribution in [0.2, 0.25) is 0 Å². The highest BCUT2D eigenvalue weighted by atomic mass is 16.7. The average Bonchev–Trinajstić information content (AvgIpc) is 3.74. The zero-order chi connectivity index (χ0) is 42.0. The number of carbonyl (C=O) groups is 4. The first-order chi connectivity index (χ1) is 26.9. The van der Waals surface area contributed by atoms with Crippen molar-refractivity contribution in [1.82, 2.24) is 24.3 Å². The molecule has 5 heterocycles. The monoisotopic (exact) mass is 797 g/mol. The zero-order valence-corrected chi connectivity index (χ0v) is 35.3. The first kappa shape index (κ1) is 44.3. The lowest BCUT2D eigenvalue weighted by Gasteiger charge is -2.47. The molecule has 2 aromatic rings. The van der Waals surface area contributed by atoms with Crippen LogP contribution in [-0.4, -0.2) is 135 Å². The lowest BCUT2D eigenvalue weighted by molar-refractivity contribution is -0.295. The van der Waals surface area contributed by atoms with Gasteiger partial charge in [0.05, 0.1) is 30.2 Å². The Morgan fingerprint density at radius 3 is 2.40 bits per heavy atom. The molecule has 0 aliphatic carbocycles. The molecule has 57 heavy (non-hydrogen) atoms. The maximum Gasteiger partial charge on any atom is 0.411 e. The molecule has 0 aromatic carbocycles. The minimum absolute atomic E-state index is 0.107. The molecular weight excluding hydrogens is 734 g/mol. The van der Waals surface area contributed by atoms with Crippen LogP contribution < -0.4 is 0 Å². The molecule has 15 nitrogen and oxygen atoms in total. The number of amides is 1. The van der Waals surface area contributed by atoms with Crippen LogP contribution in [-0.2, 0) is 44.6 Å². The Morgan fingerprint density at radius 2 is 1.75 bits per heavy atom. The molecule has 15 heteroatoms. The molecule has 3 fully saturated rings. The quantitative estimate of drug-likeness (QED) is 0.145. The van der Waals surface area contributed by atoms with E-state index in [4.69, 9.17) is 23.7 Å². The fraction of sp³-hybridized carbons (Fsp3) is 0.714. The van der Waals surface area contributed by atoms with Gasteiger partial charge in [-0.1, -0.05) is 34.3 Å². The molecule has 1 amide bonds. The Balaban J connectivity index is 1.49. The fourth-order valence-corrected chi connectivity index (χ4v) is 9.31. The van der Waals surface area contributed by atoms with E-state index in [-0.39, 0.29) is 37.3 Å². The van der Waals surface area contributed by atoms with Gasteiger partial charge >= 0.3 is 12.1 Å². The molecule has 5 rings (SSSR count). The molecule has 3 aliphatic heterocycles. The Morgan fingerprint density at radius 1 is 1.05 bits per heavy atom. The summed E-state index contributed by atoms with van der Waals surface area (Å²) in [6.45, 7) is 17.1. The largest absolute Gasteiger partial charge is 0.457 e. The van der Waals surface area contributed by atoms with Gasteiger partial charge in [-0.3, -0.25) is 19.3 Å². The molecule has 0 spiro atoms. The predicted octanol–water partition coefficient (Wildman–Crippen LogP) is 4.58. The molecule has 1 N–H and O–H groups in total. The number of hydrogen-bond acceptors (Lipinski definition) is 13. The number of aromatic nitrogens is 3. The smallest absolute Gasteiger partial charge is 0.411 e. The summed E-state index contributed by atoms with van der Waals surface area (Å²) in [4.78, 5) is 69.4. The van der Waals surface area contributed by atoms with Crippen LogP contribution in [0.3, 0.4) is 0 Å². The zero-order valence-electron chi connectivity index (χ0n) is 35.3. The summed E-state index contributed by atoms with van der Waals surface area (Å²) in [7, 11) is 5.22. The van der Waals surface area contributed by atoms with Crippen LogP contribution in [0.4, 0.5) is 4.79 Å². The summed E-state index contributed by atoms with van der Waals surface area (Å²) in [5.41, 5.74) is -1.32. The van der Waals surface area contributed by atoms with Crippen LogP contribution in [0.15, 0.2) is 37.3 Å². The van der Waals surface area contributed by atoms with Gasteiger partial charge in [-0.05, 0) is 85.2 Å². The number of Topliss-reactive ketones (excluding diaryl/α,β-unsaturated/α-hetero) is 2. The summed E-state index contributed by atoms with van der Waals surface area (Å²) in [5.74, 6) is -5.19. The summed E-state index contributed by atoms with van der Waals surface area (Å²) < 4.78 is 33.2. The third-order valence-corrected chi connectivity index (χ3v) is 12.6. The fourth-order valence-electron chi connectivity index (χ4n) is 9.31. The van der Waals surface area contributed by atoms with Crippen molar-refractivity contribution in [3.63, 3.8) is 0 Å². The van der Waals surface area contributed by atoms with Crippen molar-refractivity contribution in [1.29, 1.82) is 0 Å². The van der Waals surface area contributed by atoms with E-state index in [0.717, 1.165) is 11.2 Å². The van der Waals surface area contributed by atoms with E-state index in [1.165, 1.54) is 20.1 Å². The number of nitrogens with zero attached hydrogens (tertiary/aromatic N) is 5. The van der Waals surface area contributed by atoms with E-state index in [1.54, 1.807) is 52.0 Å². The topological polar surface area (TPSA) is 172 Å². The van der Waals surface area contributed by atoms with E-state index in [0.29, 0.717) is 25.8 Å². The number of aliphatic hydroxyl groups excluding tert-OH is 1. The third kappa shape index (κ3) is 8.68. The number of likely N-dealkylation sites (N-methyl/N-ethyl adjacent to an activating group) is 1. The molecule has 316 valence electrons. The number of fused-ring (bicyclic) bond motifs is 2. The lowest BCUT2D eigenvalue weighted by Crippen LogP contribution is -2.60. The minimum Gasteiger partial charge on any atom is -0.457 e. The van der Waals surface area contributed by atoms with Crippen molar-refractivity contribution in [2.24, 2.45) is 23.7 Å². The van der Waals surface area contributed by atoms with Crippen LogP contribution >= 0.6 is 0 Å². The number of unbranched alkanes of at least 4 members (excludes halogenated alkanes) is 1. The highest BCUT2D eigenvalue weighted by molar-refractivity contribution is 6.00. The van der Waals surface area contributed by atoms with E-state index >= 15 is 0 Å². The van der Waals surface area contributed by atoms with Crippen LogP contribution in [0.1, 0.15) is 80.6 Å². The van der Waals surface area contributed by atoms with Gasteiger partial charge in [-0.15, -0.1) is 0 Å². The summed E-state index contributed by atoms with van der Waals surface area (Å²) >= 11 is 0. The number of hydrogen-bond donors (Lipinski definition) is 1. The van der Waals surface area contributed by atoms with Crippen LogP contribution in [0.5, 0.6) is 0 Å². The predicted molar refractivity (Wildman–Crippen MR) is 211 cm³/mol. The van der Waals surface area contributed by atoms with Gasteiger partial charge in [0, 0.05) is 50.2 Å². The molecule has 3 aliphatic rings. The number of carbonyl (C=O) groups excluding carboxylic acids is 4. The average molecular weight is 798 g/mol. The SMILES string of the molecule is C=C[C@]12OC(=O)N(CCCCn3cnc4cccnc43)[C@@H]1[C@@H](C)C(=O)[C@H](C)C[C@](C)(OC)[C@H](OC1O[C@H](C)C[C@H](N(C)C)[C@H]1O)[C@@H](C)C(=O)[C@@H](C)C(=O)O[C@@H]2CC. The van der Waals surface area contributed by atoms with Crippen molar-refractivity contribution in [2.75, 3.05) is 27.7 Å². The van der Waals surface area contributed by atoms with E-state index < -0.39 is 83.4 Å². The van der Waals surface area contributed by atoms with Crippen LogP contribution in [0.25, 0.3) is 11.2 Å². The summed E-state index contributed by atoms with van der Waals surface area (Å²) in [6, 6.07) is 2.55. The summed E-state index contributed by atoms with van der Waals surface area (Å²) in [5, 5.41) is 11.4. The number of ketones is 2. The lowest BCUT2D eigenvalue weighted by atomic mass is 9.72. The number of methoxy groups -OCH3 is 1. The molecule has 0 radical (unpaired) electrons. The number of ether oxygens (including phenoxy) is 5. The number of cyclic esters (lactones) is 1. The Labute approximate surface area is 336 Å². The first-order valence-corrected chi connectivity index (χ1v) is 20.3. The number of pyridine rings is 1. The number of rotatable bonds is 11. The molecule has 0 saturated carbocycles. The number of aryl methyl sites for hydroxylation is 1. The normalized spacial score (nSPS) is 37.2. The van der Waals surface area contributed by atoms with E-state index in [1.807, 2.05) is 42.6 Å². The Kier molecular flexibility index (Phi) is 14.0. The minimum atomic E-state index is -1.59. The second-order valence-corrected chi connectivity index (χ2v) is 16.7. The first-order valence-electron chi connectivity index (χ1n) is 20.3. The van der Waals surface area contributed by atoms with E-state index in [9.17, 15) is 24.3 Å². The van der Waals surface area contributed by atoms with Gasteiger partial charge in [0.15, 0.2) is 23.3 Å².